The highest BCUT2D eigenvalue weighted by atomic mass is 19.1. The molecular formula is C21H32FN5O2. The van der Waals surface area contributed by atoms with Crippen LogP contribution in [0.5, 0.6) is 0 Å². The first-order valence-corrected chi connectivity index (χ1v) is 9.76. The van der Waals surface area contributed by atoms with Crippen molar-refractivity contribution in [3.63, 3.8) is 0 Å². The zero-order valence-corrected chi connectivity index (χ0v) is 17.8. The summed E-state index contributed by atoms with van der Waals surface area (Å²) >= 11 is 0. The molecule has 0 aliphatic carbocycles. The number of hydrogen-bond donors (Lipinski definition) is 3. The van der Waals surface area contributed by atoms with E-state index < -0.39 is 5.60 Å². The molecule has 1 fully saturated rings. The van der Waals surface area contributed by atoms with E-state index in [1.165, 1.54) is 12.1 Å². The fraction of sp³-hybridized carbons (Fsp3) is 0.524. The summed E-state index contributed by atoms with van der Waals surface area (Å²) in [6.45, 7) is 10.2. The Balaban J connectivity index is 2.15. The van der Waals surface area contributed by atoms with Crippen LogP contribution in [-0.2, 0) is 4.74 Å². The summed E-state index contributed by atoms with van der Waals surface area (Å²) in [5.74, 6) is 0.344. The Kier molecular flexibility index (Phi) is 7.11. The highest BCUT2D eigenvalue weighted by Gasteiger charge is 2.30. The topological polar surface area (TPSA) is 106 Å². The van der Waals surface area contributed by atoms with E-state index in [1.807, 2.05) is 27.7 Å². The summed E-state index contributed by atoms with van der Waals surface area (Å²) in [6.07, 6.45) is 0.401. The van der Waals surface area contributed by atoms with E-state index in [-0.39, 0.29) is 23.9 Å². The van der Waals surface area contributed by atoms with Gasteiger partial charge in [0.2, 0.25) is 0 Å². The molecule has 5 N–H and O–H groups in total. The lowest BCUT2D eigenvalue weighted by Crippen LogP contribution is -2.38. The molecule has 1 aromatic rings. The lowest BCUT2D eigenvalue weighted by molar-refractivity contribution is 0.0291. The standard InChI is InChI=1S/C21H32FN5O2/c1-13(15-6-8-16(22)9-7-15)18(24)19(25-14(2)23)26-17-10-11-27(12-17)20(28)29-21(3,4)5/h6-9,13,17,26H,10-12,24H2,1-5H3,(H2,23,25)/b19-18+/t13-,17-/m1/s1. The van der Waals surface area contributed by atoms with E-state index in [2.05, 4.69) is 10.3 Å². The molecule has 1 aromatic carbocycles. The van der Waals surface area contributed by atoms with Crippen LogP contribution in [0.1, 0.15) is 52.5 Å². The normalized spacial score (nSPS) is 19.6. The van der Waals surface area contributed by atoms with Crippen molar-refractivity contribution >= 4 is 11.9 Å². The number of nitrogens with zero attached hydrogens (tertiary/aromatic N) is 2. The first kappa shape index (κ1) is 22.5. The Bertz CT molecular complexity index is 779. The molecule has 0 spiro atoms. The number of amidine groups is 1. The molecule has 1 amide bonds. The number of benzene rings is 1. The van der Waals surface area contributed by atoms with Gasteiger partial charge in [0.15, 0.2) is 0 Å². The highest BCUT2D eigenvalue weighted by molar-refractivity contribution is 5.78. The average molecular weight is 406 g/mol. The SMILES string of the molecule is C/C(N)=N/C(N[C@@H]1CCN(C(=O)OC(C)(C)C)C1)=C(\N)[C@H](C)c1ccc(F)cc1. The van der Waals surface area contributed by atoms with Crippen molar-refractivity contribution in [1.82, 2.24) is 10.2 Å². The van der Waals surface area contributed by atoms with Gasteiger partial charge in [-0.3, -0.25) is 0 Å². The number of rotatable bonds is 5. The molecule has 7 nitrogen and oxygen atoms in total. The van der Waals surface area contributed by atoms with Gasteiger partial charge in [-0.25, -0.2) is 14.2 Å². The van der Waals surface area contributed by atoms with Crippen LogP contribution in [0.15, 0.2) is 40.8 Å². The van der Waals surface area contributed by atoms with Crippen LogP contribution in [0.2, 0.25) is 0 Å². The number of hydrogen-bond acceptors (Lipinski definition) is 5. The molecule has 29 heavy (non-hydrogen) atoms. The predicted octanol–water partition coefficient (Wildman–Crippen LogP) is 3.03. The zero-order valence-electron chi connectivity index (χ0n) is 17.8. The van der Waals surface area contributed by atoms with Crippen molar-refractivity contribution in [2.75, 3.05) is 13.1 Å². The van der Waals surface area contributed by atoms with Gasteiger partial charge in [-0.05, 0) is 51.8 Å². The van der Waals surface area contributed by atoms with Gasteiger partial charge in [0.05, 0.1) is 11.5 Å². The van der Waals surface area contributed by atoms with Gasteiger partial charge in [-0.1, -0.05) is 19.1 Å². The smallest absolute Gasteiger partial charge is 0.410 e. The van der Waals surface area contributed by atoms with Gasteiger partial charge < -0.3 is 26.4 Å². The number of amides is 1. The number of aliphatic imine (C=N–C) groups is 1. The second kappa shape index (κ2) is 9.15. The van der Waals surface area contributed by atoms with Gasteiger partial charge in [0.25, 0.3) is 0 Å². The van der Waals surface area contributed by atoms with Crippen LogP contribution >= 0.6 is 0 Å². The molecule has 0 saturated carbocycles. The lowest BCUT2D eigenvalue weighted by atomic mass is 9.97. The maximum Gasteiger partial charge on any atom is 0.410 e. The molecule has 1 saturated heterocycles. The van der Waals surface area contributed by atoms with Crippen LogP contribution in [0.25, 0.3) is 0 Å². The molecular weight excluding hydrogens is 373 g/mol. The maximum atomic E-state index is 13.2. The second-order valence-corrected chi connectivity index (χ2v) is 8.39. The first-order valence-electron chi connectivity index (χ1n) is 9.76. The number of nitrogens with two attached hydrogens (primary N) is 2. The Morgan fingerprint density at radius 2 is 1.93 bits per heavy atom. The second-order valence-electron chi connectivity index (χ2n) is 8.39. The van der Waals surface area contributed by atoms with E-state index in [9.17, 15) is 9.18 Å². The van der Waals surface area contributed by atoms with Crippen LogP contribution in [-0.4, -0.2) is 41.6 Å². The Labute approximate surface area is 172 Å². The number of halogens is 1. The molecule has 0 bridgehead atoms. The minimum atomic E-state index is -0.538. The number of ether oxygens (including phenoxy) is 1. The zero-order chi connectivity index (χ0) is 21.8. The molecule has 0 aromatic heterocycles. The maximum absolute atomic E-state index is 13.2. The van der Waals surface area contributed by atoms with Gasteiger partial charge in [-0.15, -0.1) is 0 Å². The van der Waals surface area contributed by atoms with Crippen LogP contribution < -0.4 is 16.8 Å². The summed E-state index contributed by atoms with van der Waals surface area (Å²) in [5, 5.41) is 3.32. The molecule has 2 atom stereocenters. The quantitative estimate of drug-likeness (QED) is 0.516. The third-order valence-electron chi connectivity index (χ3n) is 4.58. The summed E-state index contributed by atoms with van der Waals surface area (Å²) in [4.78, 5) is 18.3. The fourth-order valence-electron chi connectivity index (χ4n) is 3.06. The van der Waals surface area contributed by atoms with Crippen molar-refractivity contribution < 1.29 is 13.9 Å². The highest BCUT2D eigenvalue weighted by Crippen LogP contribution is 2.24. The van der Waals surface area contributed by atoms with E-state index in [1.54, 1.807) is 24.0 Å². The predicted molar refractivity (Wildman–Crippen MR) is 113 cm³/mol. The Hall–Kier alpha value is -2.77. The number of allylic oxidation sites excluding steroid dienone is 1. The van der Waals surface area contributed by atoms with Crippen molar-refractivity contribution in [3.05, 3.63) is 47.2 Å². The monoisotopic (exact) mass is 405 g/mol. The summed E-state index contributed by atoms with van der Waals surface area (Å²) in [5.41, 5.74) is 13.0. The largest absolute Gasteiger partial charge is 0.444 e. The Morgan fingerprint density at radius 3 is 2.48 bits per heavy atom. The summed E-state index contributed by atoms with van der Waals surface area (Å²) in [6, 6.07) is 6.17. The molecule has 160 valence electrons. The van der Waals surface area contributed by atoms with Gasteiger partial charge in [0.1, 0.15) is 17.2 Å². The van der Waals surface area contributed by atoms with Gasteiger partial charge >= 0.3 is 6.09 Å². The van der Waals surface area contributed by atoms with E-state index >= 15 is 0 Å². The average Bonchev–Trinajstić information content (AvgIpc) is 3.07. The molecule has 2 rings (SSSR count). The molecule has 0 unspecified atom stereocenters. The van der Waals surface area contributed by atoms with Gasteiger partial charge in [-0.2, -0.15) is 0 Å². The minimum absolute atomic E-state index is 0.0282. The van der Waals surface area contributed by atoms with Crippen LogP contribution in [0.4, 0.5) is 9.18 Å². The van der Waals surface area contributed by atoms with Crippen LogP contribution in [0.3, 0.4) is 0 Å². The van der Waals surface area contributed by atoms with E-state index in [4.69, 9.17) is 16.2 Å². The van der Waals surface area contributed by atoms with Gasteiger partial charge in [0, 0.05) is 25.0 Å². The number of nitrogens with one attached hydrogen (secondary N) is 1. The minimum Gasteiger partial charge on any atom is -0.444 e. The lowest BCUT2D eigenvalue weighted by Gasteiger charge is -2.25. The molecule has 1 heterocycles. The molecule has 8 heteroatoms. The third-order valence-corrected chi connectivity index (χ3v) is 4.58. The van der Waals surface area contributed by atoms with E-state index in [0.717, 1.165) is 12.0 Å². The van der Waals surface area contributed by atoms with Crippen molar-refractivity contribution in [3.8, 4) is 0 Å². The Morgan fingerprint density at radius 1 is 1.31 bits per heavy atom. The van der Waals surface area contributed by atoms with E-state index in [0.29, 0.717) is 30.4 Å². The number of likely N-dealkylation sites (tertiary alicyclic amines) is 1. The number of carbonyl (C=O) groups is 1. The first-order chi connectivity index (χ1) is 13.5. The van der Waals surface area contributed by atoms with Crippen molar-refractivity contribution in [2.24, 2.45) is 16.5 Å². The molecule has 1 aliphatic heterocycles. The molecule has 1 aliphatic rings. The van der Waals surface area contributed by atoms with Crippen molar-refractivity contribution in [1.29, 1.82) is 0 Å². The number of carbonyl (C=O) groups excluding carboxylic acids is 1. The third kappa shape index (κ3) is 6.66. The van der Waals surface area contributed by atoms with Crippen LogP contribution in [0, 0.1) is 5.82 Å². The summed E-state index contributed by atoms with van der Waals surface area (Å²) < 4.78 is 18.7. The summed E-state index contributed by atoms with van der Waals surface area (Å²) in [7, 11) is 0. The van der Waals surface area contributed by atoms with Crippen molar-refractivity contribution in [2.45, 2.75) is 58.6 Å². The fourth-order valence-corrected chi connectivity index (χ4v) is 3.06. The molecule has 0 radical (unpaired) electrons.